The second kappa shape index (κ2) is 6.33. The Kier molecular flexibility index (Phi) is 4.50. The van der Waals surface area contributed by atoms with Crippen molar-refractivity contribution in [3.8, 4) is 0 Å². The second-order valence-electron chi connectivity index (χ2n) is 3.84. The van der Waals surface area contributed by atoms with Crippen molar-refractivity contribution >= 4 is 17.3 Å². The van der Waals surface area contributed by atoms with Crippen molar-refractivity contribution in [2.75, 3.05) is 7.11 Å². The highest BCUT2D eigenvalue weighted by atomic mass is 32.1. The number of benzene rings is 1. The van der Waals surface area contributed by atoms with Crippen LogP contribution < -0.4 is 5.32 Å². The molecule has 3 nitrogen and oxygen atoms in total. The van der Waals surface area contributed by atoms with Crippen LogP contribution in [-0.2, 0) is 16.1 Å². The Labute approximate surface area is 110 Å². The maximum atomic E-state index is 11.8. The summed E-state index contributed by atoms with van der Waals surface area (Å²) in [6, 6.07) is 13.5. The first-order chi connectivity index (χ1) is 8.81. The molecule has 2 rings (SSSR count). The topological polar surface area (TPSA) is 38.3 Å². The molecule has 1 heterocycles. The lowest BCUT2D eigenvalue weighted by Crippen LogP contribution is -2.28. The van der Waals surface area contributed by atoms with E-state index < -0.39 is 6.04 Å². The van der Waals surface area contributed by atoms with Gasteiger partial charge in [0.05, 0.1) is 7.11 Å². The molecular weight excluding hydrogens is 246 g/mol. The van der Waals surface area contributed by atoms with E-state index in [9.17, 15) is 4.79 Å². The number of thiophene rings is 1. The Morgan fingerprint density at radius 2 is 2.06 bits per heavy atom. The minimum absolute atomic E-state index is 0.256. The Hall–Kier alpha value is -1.65. The van der Waals surface area contributed by atoms with E-state index in [-0.39, 0.29) is 5.97 Å². The summed E-state index contributed by atoms with van der Waals surface area (Å²) in [4.78, 5) is 12.7. The van der Waals surface area contributed by atoms with Crippen molar-refractivity contribution < 1.29 is 9.53 Å². The van der Waals surface area contributed by atoms with E-state index in [1.54, 1.807) is 11.3 Å². The summed E-state index contributed by atoms with van der Waals surface area (Å²) in [5.74, 6) is -0.256. The van der Waals surface area contributed by atoms with Gasteiger partial charge in [0.1, 0.15) is 6.04 Å². The van der Waals surface area contributed by atoms with E-state index in [1.807, 2.05) is 47.8 Å². The standard InChI is InChI=1S/C14H15NO2S/c1-17-14(16)13(12-8-5-9-18-12)15-10-11-6-3-2-4-7-11/h2-9,13,15H,10H2,1H3. The van der Waals surface area contributed by atoms with Crippen molar-refractivity contribution in [2.24, 2.45) is 0 Å². The molecule has 94 valence electrons. The molecule has 0 aliphatic carbocycles. The first kappa shape index (κ1) is 12.8. The quantitative estimate of drug-likeness (QED) is 0.841. The summed E-state index contributed by atoms with van der Waals surface area (Å²) in [7, 11) is 1.41. The monoisotopic (exact) mass is 261 g/mol. The number of carbonyl (C=O) groups excluding carboxylic acids is 1. The molecule has 0 aliphatic rings. The molecule has 0 radical (unpaired) electrons. The second-order valence-corrected chi connectivity index (χ2v) is 4.82. The number of ether oxygens (including phenoxy) is 1. The van der Waals surface area contributed by atoms with Crippen LogP contribution in [0.15, 0.2) is 47.8 Å². The zero-order valence-corrected chi connectivity index (χ0v) is 10.9. The van der Waals surface area contributed by atoms with E-state index in [2.05, 4.69) is 5.32 Å². The molecule has 0 fully saturated rings. The molecule has 0 bridgehead atoms. The van der Waals surface area contributed by atoms with E-state index in [1.165, 1.54) is 7.11 Å². The summed E-state index contributed by atoms with van der Waals surface area (Å²) in [6.45, 7) is 0.637. The normalized spacial score (nSPS) is 12.1. The van der Waals surface area contributed by atoms with Gasteiger partial charge in [-0.05, 0) is 17.0 Å². The zero-order valence-electron chi connectivity index (χ0n) is 10.1. The Bertz CT molecular complexity index is 482. The number of nitrogens with one attached hydrogen (secondary N) is 1. The predicted octanol–water partition coefficient (Wildman–Crippen LogP) is 2.75. The van der Waals surface area contributed by atoms with Gasteiger partial charge in [-0.15, -0.1) is 11.3 Å². The SMILES string of the molecule is COC(=O)C(NCc1ccccc1)c1cccs1. The predicted molar refractivity (Wildman–Crippen MR) is 72.4 cm³/mol. The van der Waals surface area contributed by atoms with Gasteiger partial charge in [-0.2, -0.15) is 0 Å². The van der Waals surface area contributed by atoms with Crippen LogP contribution in [0, 0.1) is 0 Å². The van der Waals surface area contributed by atoms with Crippen molar-refractivity contribution in [3.05, 3.63) is 58.3 Å². The van der Waals surface area contributed by atoms with Gasteiger partial charge in [-0.1, -0.05) is 36.4 Å². The summed E-state index contributed by atoms with van der Waals surface area (Å²) in [5.41, 5.74) is 1.14. The van der Waals surface area contributed by atoms with Gasteiger partial charge < -0.3 is 4.74 Å². The third-order valence-electron chi connectivity index (χ3n) is 2.62. The molecular formula is C14H15NO2S. The van der Waals surface area contributed by atoms with Gasteiger partial charge in [0.25, 0.3) is 0 Å². The summed E-state index contributed by atoms with van der Waals surface area (Å²) < 4.78 is 4.83. The maximum absolute atomic E-state index is 11.8. The van der Waals surface area contributed by atoms with Crippen molar-refractivity contribution in [1.82, 2.24) is 5.32 Å². The molecule has 4 heteroatoms. The van der Waals surface area contributed by atoms with E-state index in [0.29, 0.717) is 6.54 Å². The number of hydrogen-bond acceptors (Lipinski definition) is 4. The summed E-state index contributed by atoms with van der Waals surface area (Å²) in [6.07, 6.45) is 0. The fourth-order valence-electron chi connectivity index (χ4n) is 1.69. The molecule has 1 aromatic carbocycles. The molecule has 1 aromatic heterocycles. The Balaban J connectivity index is 2.05. The average Bonchev–Trinajstić information content (AvgIpc) is 2.94. The van der Waals surface area contributed by atoms with Gasteiger partial charge in [-0.3, -0.25) is 5.32 Å². The van der Waals surface area contributed by atoms with Gasteiger partial charge in [0.15, 0.2) is 0 Å². The van der Waals surface area contributed by atoms with Gasteiger partial charge in [0, 0.05) is 11.4 Å². The maximum Gasteiger partial charge on any atom is 0.328 e. The molecule has 2 aromatic rings. The minimum Gasteiger partial charge on any atom is -0.468 e. The lowest BCUT2D eigenvalue weighted by atomic mass is 10.2. The third-order valence-corrected chi connectivity index (χ3v) is 3.55. The van der Waals surface area contributed by atoms with Gasteiger partial charge >= 0.3 is 5.97 Å². The van der Waals surface area contributed by atoms with Crippen LogP contribution in [0.2, 0.25) is 0 Å². The fraction of sp³-hybridized carbons (Fsp3) is 0.214. The van der Waals surface area contributed by atoms with Crippen LogP contribution in [0.1, 0.15) is 16.5 Å². The molecule has 0 aliphatic heterocycles. The van der Waals surface area contributed by atoms with Crippen molar-refractivity contribution in [3.63, 3.8) is 0 Å². The molecule has 0 amide bonds. The van der Waals surface area contributed by atoms with Crippen LogP contribution >= 0.6 is 11.3 Å². The van der Waals surface area contributed by atoms with Crippen molar-refractivity contribution in [2.45, 2.75) is 12.6 Å². The van der Waals surface area contributed by atoms with Gasteiger partial charge in [-0.25, -0.2) is 4.79 Å². The number of methoxy groups -OCH3 is 1. The number of esters is 1. The Morgan fingerprint density at radius 1 is 1.28 bits per heavy atom. The molecule has 0 spiro atoms. The first-order valence-corrected chi connectivity index (χ1v) is 6.58. The highest BCUT2D eigenvalue weighted by Crippen LogP contribution is 2.20. The lowest BCUT2D eigenvalue weighted by molar-refractivity contribution is -0.143. The van der Waals surface area contributed by atoms with Crippen molar-refractivity contribution in [1.29, 1.82) is 0 Å². The number of hydrogen-bond donors (Lipinski definition) is 1. The van der Waals surface area contributed by atoms with E-state index in [4.69, 9.17) is 4.74 Å². The number of rotatable bonds is 5. The largest absolute Gasteiger partial charge is 0.468 e. The van der Waals surface area contributed by atoms with Crippen LogP contribution in [0.25, 0.3) is 0 Å². The van der Waals surface area contributed by atoms with Crippen LogP contribution in [0.4, 0.5) is 0 Å². The molecule has 1 N–H and O–H groups in total. The van der Waals surface area contributed by atoms with E-state index >= 15 is 0 Å². The van der Waals surface area contributed by atoms with Crippen LogP contribution in [0.3, 0.4) is 0 Å². The highest BCUT2D eigenvalue weighted by Gasteiger charge is 2.21. The molecule has 1 unspecified atom stereocenters. The molecule has 18 heavy (non-hydrogen) atoms. The zero-order chi connectivity index (χ0) is 12.8. The third kappa shape index (κ3) is 3.18. The Morgan fingerprint density at radius 3 is 2.67 bits per heavy atom. The summed E-state index contributed by atoms with van der Waals surface area (Å²) in [5, 5.41) is 5.18. The molecule has 0 saturated carbocycles. The smallest absolute Gasteiger partial charge is 0.328 e. The fourth-order valence-corrected chi connectivity index (χ4v) is 2.48. The minimum atomic E-state index is -0.393. The number of carbonyl (C=O) groups is 1. The van der Waals surface area contributed by atoms with Crippen LogP contribution in [-0.4, -0.2) is 13.1 Å². The average molecular weight is 261 g/mol. The van der Waals surface area contributed by atoms with Gasteiger partial charge in [0.2, 0.25) is 0 Å². The lowest BCUT2D eigenvalue weighted by Gasteiger charge is -2.15. The molecule has 1 atom stereocenters. The summed E-state index contributed by atoms with van der Waals surface area (Å²) >= 11 is 1.55. The van der Waals surface area contributed by atoms with Crippen LogP contribution in [0.5, 0.6) is 0 Å². The highest BCUT2D eigenvalue weighted by molar-refractivity contribution is 7.10. The first-order valence-electron chi connectivity index (χ1n) is 5.70. The van der Waals surface area contributed by atoms with E-state index in [0.717, 1.165) is 10.4 Å². The molecule has 0 saturated heterocycles.